The minimum Gasteiger partial charge on any atom is -0.329 e. The molecule has 1 unspecified atom stereocenters. The zero-order valence-corrected chi connectivity index (χ0v) is 9.37. The van der Waals surface area contributed by atoms with Crippen LogP contribution < -0.4 is 11.1 Å². The number of rotatable bonds is 5. The van der Waals surface area contributed by atoms with Crippen molar-refractivity contribution in [1.82, 2.24) is 5.32 Å². The average Bonchev–Trinajstić information content (AvgIpc) is 2.60. The summed E-state index contributed by atoms with van der Waals surface area (Å²) < 4.78 is 0. The van der Waals surface area contributed by atoms with Crippen molar-refractivity contribution in [2.75, 3.05) is 13.1 Å². The molecule has 0 saturated carbocycles. The predicted molar refractivity (Wildman–Crippen MR) is 62.6 cm³/mol. The van der Waals surface area contributed by atoms with E-state index in [0.717, 1.165) is 22.9 Å². The fourth-order valence-corrected chi connectivity index (χ4v) is 2.30. The Morgan fingerprint density at radius 1 is 1.71 bits per heavy atom. The Hall–Kier alpha value is -0.530. The Kier molecular flexibility index (Phi) is 4.99. The lowest BCUT2D eigenvalue weighted by atomic mass is 10.2. The first-order valence-electron chi connectivity index (χ1n) is 4.38. The quantitative estimate of drug-likeness (QED) is 0.598. The van der Waals surface area contributed by atoms with Crippen molar-refractivity contribution in [3.63, 3.8) is 0 Å². The zero-order chi connectivity index (χ0) is 10.4. The Morgan fingerprint density at radius 2 is 2.50 bits per heavy atom. The van der Waals surface area contributed by atoms with Gasteiger partial charge in [0.1, 0.15) is 0 Å². The molecule has 1 aromatic rings. The topological polar surface area (TPSA) is 38.0 Å². The number of halogens is 1. The van der Waals surface area contributed by atoms with Crippen LogP contribution in [0.5, 0.6) is 0 Å². The summed E-state index contributed by atoms with van der Waals surface area (Å²) in [5.41, 5.74) is 5.65. The third kappa shape index (κ3) is 3.32. The van der Waals surface area contributed by atoms with E-state index in [9.17, 15) is 0 Å². The molecule has 76 valence electrons. The van der Waals surface area contributed by atoms with Crippen LogP contribution >= 0.6 is 22.9 Å². The molecule has 1 atom stereocenters. The fourth-order valence-electron chi connectivity index (χ4n) is 1.13. The molecule has 1 rings (SSSR count). The molecule has 0 spiro atoms. The van der Waals surface area contributed by atoms with Crippen LogP contribution in [0.4, 0.5) is 0 Å². The average molecular weight is 229 g/mol. The van der Waals surface area contributed by atoms with Gasteiger partial charge in [0.25, 0.3) is 0 Å². The van der Waals surface area contributed by atoms with Gasteiger partial charge in [-0.3, -0.25) is 0 Å². The second-order valence-electron chi connectivity index (χ2n) is 2.86. The first-order chi connectivity index (χ1) is 6.77. The van der Waals surface area contributed by atoms with Crippen LogP contribution in [0.25, 0.3) is 0 Å². The molecule has 0 aromatic carbocycles. The van der Waals surface area contributed by atoms with Crippen molar-refractivity contribution in [3.05, 3.63) is 21.3 Å². The minimum absolute atomic E-state index is 0.167. The lowest BCUT2D eigenvalue weighted by Gasteiger charge is -2.13. The maximum Gasteiger partial charge on any atom is 0.0540 e. The SMILES string of the molecule is C#CCCNC(CN)c1cc(Cl)cs1. The van der Waals surface area contributed by atoms with E-state index in [4.69, 9.17) is 23.8 Å². The van der Waals surface area contributed by atoms with Crippen molar-refractivity contribution in [2.45, 2.75) is 12.5 Å². The van der Waals surface area contributed by atoms with Crippen LogP contribution in [-0.2, 0) is 0 Å². The van der Waals surface area contributed by atoms with Gasteiger partial charge in [-0.15, -0.1) is 23.7 Å². The van der Waals surface area contributed by atoms with Gasteiger partial charge in [-0.05, 0) is 6.07 Å². The molecule has 4 heteroatoms. The monoisotopic (exact) mass is 228 g/mol. The van der Waals surface area contributed by atoms with Gasteiger partial charge in [-0.1, -0.05) is 11.6 Å². The van der Waals surface area contributed by atoms with E-state index in [2.05, 4.69) is 11.2 Å². The molecule has 0 radical (unpaired) electrons. The van der Waals surface area contributed by atoms with Crippen LogP contribution in [0, 0.1) is 12.3 Å². The summed E-state index contributed by atoms with van der Waals surface area (Å²) in [6.45, 7) is 1.34. The Morgan fingerprint density at radius 3 is 3.00 bits per heavy atom. The highest BCUT2D eigenvalue weighted by molar-refractivity contribution is 7.10. The fraction of sp³-hybridized carbons (Fsp3) is 0.400. The molecular formula is C10H13ClN2S. The van der Waals surface area contributed by atoms with Gasteiger partial charge >= 0.3 is 0 Å². The molecule has 0 amide bonds. The van der Waals surface area contributed by atoms with E-state index in [0.29, 0.717) is 6.54 Å². The molecule has 0 aliphatic carbocycles. The van der Waals surface area contributed by atoms with Crippen molar-refractivity contribution in [2.24, 2.45) is 5.73 Å². The van der Waals surface area contributed by atoms with Gasteiger partial charge in [0.15, 0.2) is 0 Å². The first-order valence-corrected chi connectivity index (χ1v) is 5.64. The standard InChI is InChI=1S/C10H13ClN2S/c1-2-3-4-13-9(6-12)10-5-8(11)7-14-10/h1,5,7,9,13H,3-4,6,12H2. The summed E-state index contributed by atoms with van der Waals surface area (Å²) in [5, 5.41) is 5.96. The summed E-state index contributed by atoms with van der Waals surface area (Å²) in [6.07, 6.45) is 5.88. The third-order valence-corrected chi connectivity index (χ3v) is 3.22. The van der Waals surface area contributed by atoms with E-state index >= 15 is 0 Å². The Bertz CT molecular complexity index is 316. The molecule has 1 aromatic heterocycles. The smallest absolute Gasteiger partial charge is 0.0540 e. The normalized spacial score (nSPS) is 12.4. The number of hydrogen-bond acceptors (Lipinski definition) is 3. The number of nitrogens with two attached hydrogens (primary N) is 1. The van der Waals surface area contributed by atoms with Crippen molar-refractivity contribution < 1.29 is 0 Å². The maximum atomic E-state index is 5.83. The largest absolute Gasteiger partial charge is 0.329 e. The molecule has 0 aliphatic rings. The summed E-state index contributed by atoms with van der Waals surface area (Å²) in [4.78, 5) is 1.16. The van der Waals surface area contributed by atoms with E-state index in [1.165, 1.54) is 0 Å². The molecule has 3 N–H and O–H groups in total. The molecule has 1 heterocycles. The molecule has 2 nitrogen and oxygen atoms in total. The molecular weight excluding hydrogens is 216 g/mol. The molecule has 0 fully saturated rings. The minimum atomic E-state index is 0.167. The Labute approximate surface area is 93.5 Å². The van der Waals surface area contributed by atoms with E-state index in [1.54, 1.807) is 11.3 Å². The van der Waals surface area contributed by atoms with Gasteiger partial charge in [0.2, 0.25) is 0 Å². The number of thiophene rings is 1. The van der Waals surface area contributed by atoms with Crippen LogP contribution in [0.15, 0.2) is 11.4 Å². The maximum absolute atomic E-state index is 5.83. The van der Waals surface area contributed by atoms with E-state index in [-0.39, 0.29) is 6.04 Å². The molecule has 14 heavy (non-hydrogen) atoms. The molecule has 0 saturated heterocycles. The first kappa shape index (κ1) is 11.5. The molecule has 0 bridgehead atoms. The second-order valence-corrected chi connectivity index (χ2v) is 4.24. The highest BCUT2D eigenvalue weighted by Crippen LogP contribution is 2.24. The third-order valence-electron chi connectivity index (χ3n) is 1.83. The van der Waals surface area contributed by atoms with Crippen LogP contribution in [-0.4, -0.2) is 13.1 Å². The Balaban J connectivity index is 2.50. The van der Waals surface area contributed by atoms with E-state index in [1.807, 2.05) is 11.4 Å². The second kappa shape index (κ2) is 6.05. The van der Waals surface area contributed by atoms with Crippen LogP contribution in [0.3, 0.4) is 0 Å². The summed E-state index contributed by atoms with van der Waals surface area (Å²) in [6, 6.07) is 2.10. The van der Waals surface area contributed by atoms with E-state index < -0.39 is 0 Å². The number of hydrogen-bond donors (Lipinski definition) is 2. The zero-order valence-electron chi connectivity index (χ0n) is 7.79. The summed E-state index contributed by atoms with van der Waals surface area (Å²) >= 11 is 7.45. The van der Waals surface area contributed by atoms with Crippen molar-refractivity contribution >= 4 is 22.9 Å². The summed E-state index contributed by atoms with van der Waals surface area (Å²) in [5.74, 6) is 2.58. The lowest BCUT2D eigenvalue weighted by Crippen LogP contribution is -2.28. The highest BCUT2D eigenvalue weighted by Gasteiger charge is 2.10. The van der Waals surface area contributed by atoms with Crippen molar-refractivity contribution in [1.29, 1.82) is 0 Å². The van der Waals surface area contributed by atoms with Crippen LogP contribution in [0.2, 0.25) is 5.02 Å². The van der Waals surface area contributed by atoms with Gasteiger partial charge in [-0.25, -0.2) is 0 Å². The summed E-state index contributed by atoms with van der Waals surface area (Å²) in [7, 11) is 0. The van der Waals surface area contributed by atoms with Gasteiger partial charge in [-0.2, -0.15) is 0 Å². The lowest BCUT2D eigenvalue weighted by molar-refractivity contribution is 0.558. The van der Waals surface area contributed by atoms with Crippen LogP contribution in [0.1, 0.15) is 17.3 Å². The van der Waals surface area contributed by atoms with Gasteiger partial charge in [0, 0.05) is 29.8 Å². The number of terminal acetylenes is 1. The molecule has 0 aliphatic heterocycles. The van der Waals surface area contributed by atoms with Gasteiger partial charge < -0.3 is 11.1 Å². The number of nitrogens with one attached hydrogen (secondary N) is 1. The highest BCUT2D eigenvalue weighted by atomic mass is 35.5. The predicted octanol–water partition coefficient (Wildman–Crippen LogP) is 2.01. The van der Waals surface area contributed by atoms with Crippen molar-refractivity contribution in [3.8, 4) is 12.3 Å². The van der Waals surface area contributed by atoms with Gasteiger partial charge in [0.05, 0.1) is 11.1 Å².